The lowest BCUT2D eigenvalue weighted by molar-refractivity contribution is -0.116. The van der Waals surface area contributed by atoms with Gasteiger partial charge >= 0.3 is 0 Å². The minimum absolute atomic E-state index is 0.0489. The van der Waals surface area contributed by atoms with Crippen molar-refractivity contribution in [2.45, 2.75) is 25.6 Å². The molecule has 94 valence electrons. The van der Waals surface area contributed by atoms with E-state index in [2.05, 4.69) is 21.2 Å². The molecule has 1 atom stereocenters. The van der Waals surface area contributed by atoms with Gasteiger partial charge in [-0.3, -0.25) is 4.79 Å². The fraction of sp³-hybridized carbons (Fsp3) is 0.462. The molecule has 0 spiro atoms. The van der Waals surface area contributed by atoms with E-state index in [1.54, 1.807) is 0 Å². The van der Waals surface area contributed by atoms with Crippen LogP contribution in [-0.2, 0) is 4.79 Å². The van der Waals surface area contributed by atoms with Gasteiger partial charge in [0.25, 0.3) is 0 Å². The first-order chi connectivity index (χ1) is 8.06. The molecule has 1 aromatic rings. The molecule has 0 fully saturated rings. The van der Waals surface area contributed by atoms with Gasteiger partial charge in [0.15, 0.2) is 0 Å². The molecule has 1 aromatic carbocycles. The number of hydrogen-bond donors (Lipinski definition) is 1. The van der Waals surface area contributed by atoms with Gasteiger partial charge in [-0.15, -0.1) is 0 Å². The van der Waals surface area contributed by atoms with E-state index in [4.69, 9.17) is 4.74 Å². The number of hydrogen-bond acceptors (Lipinski definition) is 2. The second-order valence-electron chi connectivity index (χ2n) is 4.06. The Bertz CT molecular complexity index is 379. The van der Waals surface area contributed by atoms with E-state index in [1.807, 2.05) is 45.0 Å². The molecule has 3 nitrogen and oxygen atoms in total. The Balaban J connectivity index is 2.77. The summed E-state index contributed by atoms with van der Waals surface area (Å²) < 4.78 is 5.45. The number of alkyl halides is 1. The number of carbonyl (C=O) groups is 1. The molecule has 0 saturated heterocycles. The third kappa shape index (κ3) is 4.04. The van der Waals surface area contributed by atoms with Crippen LogP contribution in [0.4, 0.5) is 5.69 Å². The van der Waals surface area contributed by atoms with Crippen LogP contribution in [0.3, 0.4) is 0 Å². The molecule has 0 heterocycles. The molecule has 0 aliphatic heterocycles. The maximum absolute atomic E-state index is 11.9. The van der Waals surface area contributed by atoms with Crippen LogP contribution >= 0.6 is 15.9 Å². The number of carbonyl (C=O) groups excluding carboxylic acids is 1. The van der Waals surface area contributed by atoms with Crippen molar-refractivity contribution in [1.82, 2.24) is 0 Å². The van der Waals surface area contributed by atoms with Crippen molar-refractivity contribution >= 4 is 27.5 Å². The topological polar surface area (TPSA) is 38.3 Å². The van der Waals surface area contributed by atoms with E-state index in [-0.39, 0.29) is 16.7 Å². The number of nitrogens with one attached hydrogen (secondary N) is 1. The summed E-state index contributed by atoms with van der Waals surface area (Å²) in [5.74, 6) is 0.896. The highest BCUT2D eigenvalue weighted by Crippen LogP contribution is 2.25. The number of halogens is 1. The van der Waals surface area contributed by atoms with Gasteiger partial charge in [0.05, 0.1) is 17.1 Å². The van der Waals surface area contributed by atoms with Crippen LogP contribution in [0.15, 0.2) is 24.3 Å². The van der Waals surface area contributed by atoms with Crippen molar-refractivity contribution < 1.29 is 9.53 Å². The molecule has 0 bridgehead atoms. The van der Waals surface area contributed by atoms with Gasteiger partial charge < -0.3 is 10.1 Å². The Morgan fingerprint density at radius 3 is 2.65 bits per heavy atom. The van der Waals surface area contributed by atoms with Gasteiger partial charge in [-0.05, 0) is 25.0 Å². The Labute approximate surface area is 111 Å². The van der Waals surface area contributed by atoms with Crippen molar-refractivity contribution in [2.75, 3.05) is 11.9 Å². The SMILES string of the molecule is CCOc1ccccc1NC(=O)[C@H](Br)C(C)C. The fourth-order valence-electron chi connectivity index (χ4n) is 1.36. The molecule has 0 aliphatic rings. The van der Waals surface area contributed by atoms with Crippen molar-refractivity contribution in [3.63, 3.8) is 0 Å². The summed E-state index contributed by atoms with van der Waals surface area (Å²) in [5, 5.41) is 2.87. The van der Waals surface area contributed by atoms with Crippen LogP contribution < -0.4 is 10.1 Å². The summed E-state index contributed by atoms with van der Waals surface area (Å²) >= 11 is 3.38. The lowest BCUT2D eigenvalue weighted by Crippen LogP contribution is -2.27. The largest absolute Gasteiger partial charge is 0.492 e. The van der Waals surface area contributed by atoms with Gasteiger partial charge in [-0.1, -0.05) is 41.9 Å². The minimum atomic E-state index is -0.197. The van der Waals surface area contributed by atoms with E-state index < -0.39 is 0 Å². The van der Waals surface area contributed by atoms with E-state index in [0.29, 0.717) is 18.0 Å². The van der Waals surface area contributed by atoms with Crippen molar-refractivity contribution in [1.29, 1.82) is 0 Å². The van der Waals surface area contributed by atoms with Crippen LogP contribution in [0.2, 0.25) is 0 Å². The van der Waals surface area contributed by atoms with Gasteiger partial charge in [0.1, 0.15) is 5.75 Å². The first kappa shape index (κ1) is 14.0. The summed E-state index contributed by atoms with van der Waals surface area (Å²) in [6.45, 7) is 6.48. The summed E-state index contributed by atoms with van der Waals surface area (Å²) in [5.41, 5.74) is 0.712. The zero-order chi connectivity index (χ0) is 12.8. The number of benzene rings is 1. The van der Waals surface area contributed by atoms with E-state index in [0.717, 1.165) is 0 Å². The minimum Gasteiger partial charge on any atom is -0.492 e. The highest BCUT2D eigenvalue weighted by atomic mass is 79.9. The van der Waals surface area contributed by atoms with Gasteiger partial charge in [0.2, 0.25) is 5.91 Å². The zero-order valence-corrected chi connectivity index (χ0v) is 12.0. The van der Waals surface area contributed by atoms with Crippen LogP contribution in [0.25, 0.3) is 0 Å². The third-order valence-corrected chi connectivity index (χ3v) is 3.75. The molecule has 1 amide bonds. The maximum atomic E-state index is 11.9. The molecule has 4 heteroatoms. The molecular formula is C13H18BrNO2. The van der Waals surface area contributed by atoms with E-state index >= 15 is 0 Å². The van der Waals surface area contributed by atoms with E-state index in [9.17, 15) is 4.79 Å². The number of para-hydroxylation sites is 2. The second-order valence-corrected chi connectivity index (χ2v) is 5.05. The smallest absolute Gasteiger partial charge is 0.238 e. The van der Waals surface area contributed by atoms with Gasteiger partial charge in [-0.2, -0.15) is 0 Å². The lowest BCUT2D eigenvalue weighted by Gasteiger charge is -2.16. The van der Waals surface area contributed by atoms with Gasteiger partial charge in [-0.25, -0.2) is 0 Å². The maximum Gasteiger partial charge on any atom is 0.238 e. The highest BCUT2D eigenvalue weighted by molar-refractivity contribution is 9.10. The molecule has 0 saturated carbocycles. The van der Waals surface area contributed by atoms with Crippen LogP contribution in [0.5, 0.6) is 5.75 Å². The molecule has 0 aliphatic carbocycles. The monoisotopic (exact) mass is 299 g/mol. The second kappa shape index (κ2) is 6.64. The summed E-state index contributed by atoms with van der Waals surface area (Å²) in [4.78, 5) is 11.7. The standard InChI is InChI=1S/C13H18BrNO2/c1-4-17-11-8-6-5-7-10(11)15-13(16)12(14)9(2)3/h5-9,12H,4H2,1-3H3,(H,15,16)/t12-/m1/s1. The van der Waals surface area contributed by atoms with Crippen molar-refractivity contribution in [2.24, 2.45) is 5.92 Å². The molecular weight excluding hydrogens is 282 g/mol. The van der Waals surface area contributed by atoms with E-state index in [1.165, 1.54) is 0 Å². The lowest BCUT2D eigenvalue weighted by atomic mass is 10.1. The highest BCUT2D eigenvalue weighted by Gasteiger charge is 2.19. The summed E-state index contributed by atoms with van der Waals surface area (Å²) in [6, 6.07) is 7.44. The van der Waals surface area contributed by atoms with Crippen LogP contribution in [-0.4, -0.2) is 17.3 Å². The Morgan fingerprint density at radius 2 is 2.06 bits per heavy atom. The number of ether oxygens (including phenoxy) is 1. The van der Waals surface area contributed by atoms with Crippen LogP contribution in [0, 0.1) is 5.92 Å². The average molecular weight is 300 g/mol. The number of amides is 1. The summed E-state index contributed by atoms with van der Waals surface area (Å²) in [7, 11) is 0. The number of anilines is 1. The summed E-state index contributed by atoms with van der Waals surface area (Å²) in [6.07, 6.45) is 0. The molecule has 17 heavy (non-hydrogen) atoms. The molecule has 0 unspecified atom stereocenters. The Morgan fingerprint density at radius 1 is 1.41 bits per heavy atom. The van der Waals surface area contributed by atoms with Crippen molar-refractivity contribution in [3.8, 4) is 5.75 Å². The van der Waals surface area contributed by atoms with Crippen molar-refractivity contribution in [3.05, 3.63) is 24.3 Å². The molecule has 0 radical (unpaired) electrons. The zero-order valence-electron chi connectivity index (χ0n) is 10.4. The quantitative estimate of drug-likeness (QED) is 0.846. The van der Waals surface area contributed by atoms with Crippen LogP contribution in [0.1, 0.15) is 20.8 Å². The predicted octanol–water partition coefficient (Wildman–Crippen LogP) is 3.44. The first-order valence-electron chi connectivity index (χ1n) is 5.73. The third-order valence-electron chi connectivity index (χ3n) is 2.28. The average Bonchev–Trinajstić information content (AvgIpc) is 2.30. The Hall–Kier alpha value is -1.03. The fourth-order valence-corrected chi connectivity index (χ4v) is 1.47. The number of rotatable bonds is 5. The predicted molar refractivity (Wildman–Crippen MR) is 73.8 cm³/mol. The molecule has 0 aromatic heterocycles. The first-order valence-corrected chi connectivity index (χ1v) is 6.64. The Kier molecular flexibility index (Phi) is 5.48. The van der Waals surface area contributed by atoms with Gasteiger partial charge in [0, 0.05) is 0 Å². The molecule has 1 N–H and O–H groups in total. The molecule has 1 rings (SSSR count). The normalized spacial score (nSPS) is 12.3.